The molecule has 0 radical (unpaired) electrons. The number of anilines is 1. The average molecular weight is 553 g/mol. The van der Waals surface area contributed by atoms with Crippen LogP contribution in [0.15, 0.2) is 10.5 Å². The summed E-state index contributed by atoms with van der Waals surface area (Å²) >= 11 is 9.94. The van der Waals surface area contributed by atoms with Crippen molar-refractivity contribution < 1.29 is 19.0 Å². The van der Waals surface area contributed by atoms with Gasteiger partial charge in [0, 0.05) is 19.6 Å². The summed E-state index contributed by atoms with van der Waals surface area (Å²) in [7, 11) is 1.59. The van der Waals surface area contributed by atoms with Crippen LogP contribution in [-0.4, -0.2) is 65.5 Å². The smallest absolute Gasteiger partial charge is 0.410 e. The van der Waals surface area contributed by atoms with Crippen LogP contribution in [0.25, 0.3) is 10.9 Å². The molecule has 0 N–H and O–H groups in total. The molecule has 1 amide bonds. The molecule has 0 spiro atoms. The van der Waals surface area contributed by atoms with Crippen LogP contribution in [0.1, 0.15) is 40.0 Å². The molecular weight excluding hydrogens is 526 g/mol. The number of methoxy groups -OCH3 is 1. The maximum absolute atomic E-state index is 12.8. The number of nitrogens with zero attached hydrogens (tertiary/aromatic N) is 5. The van der Waals surface area contributed by atoms with Crippen LogP contribution in [0.4, 0.5) is 10.6 Å². The van der Waals surface area contributed by atoms with Crippen molar-refractivity contribution in [1.29, 1.82) is 5.26 Å². The number of rotatable bonds is 5. The van der Waals surface area contributed by atoms with E-state index in [1.807, 2.05) is 31.7 Å². The van der Waals surface area contributed by atoms with E-state index in [2.05, 4.69) is 32.0 Å². The van der Waals surface area contributed by atoms with Gasteiger partial charge in [0.15, 0.2) is 5.75 Å². The molecule has 1 aromatic carbocycles. The third-order valence-corrected chi connectivity index (χ3v) is 6.49. The van der Waals surface area contributed by atoms with Crippen molar-refractivity contribution in [2.75, 3.05) is 31.6 Å². The Morgan fingerprint density at radius 2 is 2.06 bits per heavy atom. The van der Waals surface area contributed by atoms with Gasteiger partial charge in [-0.2, -0.15) is 10.2 Å². The fraction of sp³-hybridized carbons (Fsp3) is 0.565. The van der Waals surface area contributed by atoms with Crippen molar-refractivity contribution in [2.24, 2.45) is 0 Å². The van der Waals surface area contributed by atoms with E-state index in [0.29, 0.717) is 46.9 Å². The Bertz CT molecular complexity index is 1150. The zero-order valence-corrected chi connectivity index (χ0v) is 21.9. The van der Waals surface area contributed by atoms with Crippen molar-refractivity contribution in [1.82, 2.24) is 14.9 Å². The number of piperazine rings is 1. The molecule has 1 atom stereocenters. The summed E-state index contributed by atoms with van der Waals surface area (Å²) in [6.45, 7) is 6.73. The zero-order chi connectivity index (χ0) is 24.6. The van der Waals surface area contributed by atoms with Crippen LogP contribution >= 0.6 is 27.5 Å². The molecule has 1 aliphatic heterocycles. The van der Waals surface area contributed by atoms with Crippen molar-refractivity contribution in [3.8, 4) is 17.6 Å². The van der Waals surface area contributed by atoms with E-state index in [-0.39, 0.29) is 23.9 Å². The minimum Gasteiger partial charge on any atom is -0.495 e. The molecule has 11 heteroatoms. The van der Waals surface area contributed by atoms with Gasteiger partial charge in [0.05, 0.1) is 37.1 Å². The maximum atomic E-state index is 12.8. The first-order chi connectivity index (χ1) is 16.1. The van der Waals surface area contributed by atoms with Gasteiger partial charge in [-0.3, -0.25) is 0 Å². The summed E-state index contributed by atoms with van der Waals surface area (Å²) in [5.74, 6) is 1.77. The van der Waals surface area contributed by atoms with Gasteiger partial charge in [0.25, 0.3) is 0 Å². The van der Waals surface area contributed by atoms with Crippen LogP contribution < -0.4 is 14.4 Å². The molecule has 1 saturated heterocycles. The first-order valence-corrected chi connectivity index (χ1v) is 12.3. The third kappa shape index (κ3) is 5.26. The monoisotopic (exact) mass is 551 g/mol. The Labute approximate surface area is 212 Å². The lowest BCUT2D eigenvalue weighted by Gasteiger charge is -2.41. The highest BCUT2D eigenvalue weighted by Crippen LogP contribution is 2.45. The Hall–Kier alpha value is -2.51. The second-order valence-electron chi connectivity index (χ2n) is 9.39. The average Bonchev–Trinajstić information content (AvgIpc) is 3.58. The van der Waals surface area contributed by atoms with Gasteiger partial charge in [-0.1, -0.05) is 0 Å². The fourth-order valence-electron chi connectivity index (χ4n) is 3.89. The van der Waals surface area contributed by atoms with Gasteiger partial charge in [-0.25, -0.2) is 9.78 Å². The first kappa shape index (κ1) is 24.6. The summed E-state index contributed by atoms with van der Waals surface area (Å²) in [4.78, 5) is 25.4. The van der Waals surface area contributed by atoms with E-state index >= 15 is 0 Å². The minimum absolute atomic E-state index is 0.0895. The number of nitriles is 1. The van der Waals surface area contributed by atoms with Gasteiger partial charge in [-0.15, -0.1) is 0 Å². The van der Waals surface area contributed by atoms with Gasteiger partial charge in [0.1, 0.15) is 27.2 Å². The van der Waals surface area contributed by atoms with E-state index in [9.17, 15) is 10.1 Å². The second kappa shape index (κ2) is 9.62. The van der Waals surface area contributed by atoms with Crippen molar-refractivity contribution >= 4 is 50.3 Å². The molecule has 0 unspecified atom stereocenters. The molecule has 182 valence electrons. The number of amides is 1. The maximum Gasteiger partial charge on any atom is 0.410 e. The molecule has 2 heterocycles. The van der Waals surface area contributed by atoms with Crippen molar-refractivity contribution in [3.05, 3.63) is 15.8 Å². The zero-order valence-electron chi connectivity index (χ0n) is 19.6. The lowest BCUT2D eigenvalue weighted by Crippen LogP contribution is -2.56. The SMILES string of the molecule is COc1cc2c(N3CCN(C(=O)OC(C)(C)C)[C@@H](CC#N)C3)nc(Cl)nc2c(OC2CC2)c1Br. The predicted octanol–water partition coefficient (Wildman–Crippen LogP) is 4.93. The molecule has 1 aliphatic carbocycles. The van der Waals surface area contributed by atoms with Gasteiger partial charge >= 0.3 is 6.09 Å². The standard InChI is InChI=1S/C23H27BrClN5O4/c1-23(2,3)34-22(31)30-10-9-29(12-13(30)7-8-26)20-15-11-16(32-4)17(24)19(33-14-5-6-14)18(15)27-21(25)28-20/h11,13-14H,5-7,9-10,12H2,1-4H3/t13-/m0/s1. The van der Waals surface area contributed by atoms with Crippen LogP contribution in [-0.2, 0) is 4.74 Å². The first-order valence-electron chi connectivity index (χ1n) is 11.1. The molecule has 9 nitrogen and oxygen atoms in total. The summed E-state index contributed by atoms with van der Waals surface area (Å²) in [5, 5.41) is 10.2. The Balaban J connectivity index is 1.72. The summed E-state index contributed by atoms with van der Waals surface area (Å²) in [6.07, 6.45) is 1.85. The minimum atomic E-state index is -0.621. The van der Waals surface area contributed by atoms with Gasteiger partial charge < -0.3 is 24.0 Å². The summed E-state index contributed by atoms with van der Waals surface area (Å²) < 4.78 is 18.0. The molecule has 2 aliphatic rings. The number of carbonyl (C=O) groups is 1. The lowest BCUT2D eigenvalue weighted by molar-refractivity contribution is 0.0145. The van der Waals surface area contributed by atoms with E-state index in [1.54, 1.807) is 12.0 Å². The van der Waals surface area contributed by atoms with E-state index in [4.69, 9.17) is 25.8 Å². The van der Waals surface area contributed by atoms with E-state index < -0.39 is 11.7 Å². The predicted molar refractivity (Wildman–Crippen MR) is 132 cm³/mol. The lowest BCUT2D eigenvalue weighted by atomic mass is 10.1. The second-order valence-corrected chi connectivity index (χ2v) is 10.5. The number of ether oxygens (including phenoxy) is 3. The molecule has 2 aromatic rings. The highest BCUT2D eigenvalue weighted by molar-refractivity contribution is 9.10. The number of benzene rings is 1. The summed E-state index contributed by atoms with van der Waals surface area (Å²) in [6, 6.07) is 3.68. The number of fused-ring (bicyclic) bond motifs is 1. The molecule has 0 bridgehead atoms. The Kier molecular flexibility index (Phi) is 6.97. The molecule has 1 saturated carbocycles. The quantitative estimate of drug-likeness (QED) is 0.481. The topological polar surface area (TPSA) is 101 Å². The number of hydrogen-bond acceptors (Lipinski definition) is 8. The van der Waals surface area contributed by atoms with Gasteiger partial charge in [-0.05, 0) is 67.2 Å². The molecular formula is C23H27BrClN5O4. The number of aromatic nitrogens is 2. The highest BCUT2D eigenvalue weighted by Gasteiger charge is 2.35. The van der Waals surface area contributed by atoms with Crippen LogP contribution in [0, 0.1) is 11.3 Å². The normalized spacial score (nSPS) is 18.6. The number of carbonyl (C=O) groups excluding carboxylic acids is 1. The van der Waals surface area contributed by atoms with Crippen LogP contribution in [0.5, 0.6) is 11.5 Å². The number of halogens is 2. The molecule has 1 aromatic heterocycles. The molecule has 2 fully saturated rings. The largest absolute Gasteiger partial charge is 0.495 e. The number of hydrogen-bond donors (Lipinski definition) is 0. The molecule has 34 heavy (non-hydrogen) atoms. The van der Waals surface area contributed by atoms with Crippen LogP contribution in [0.2, 0.25) is 5.28 Å². The van der Waals surface area contributed by atoms with Gasteiger partial charge in [0.2, 0.25) is 5.28 Å². The van der Waals surface area contributed by atoms with Crippen molar-refractivity contribution in [2.45, 2.75) is 57.8 Å². The highest BCUT2D eigenvalue weighted by atomic mass is 79.9. The van der Waals surface area contributed by atoms with E-state index in [0.717, 1.165) is 18.2 Å². The Morgan fingerprint density at radius 3 is 2.68 bits per heavy atom. The molecule has 4 rings (SSSR count). The van der Waals surface area contributed by atoms with Crippen molar-refractivity contribution in [3.63, 3.8) is 0 Å². The third-order valence-electron chi connectivity index (χ3n) is 5.57. The Morgan fingerprint density at radius 1 is 1.32 bits per heavy atom. The fourth-order valence-corrected chi connectivity index (χ4v) is 4.61. The van der Waals surface area contributed by atoms with E-state index in [1.165, 1.54) is 0 Å². The summed E-state index contributed by atoms with van der Waals surface area (Å²) in [5.41, 5.74) is -0.0371. The van der Waals surface area contributed by atoms with Crippen LogP contribution in [0.3, 0.4) is 0 Å².